The molecule has 106 valence electrons. The Labute approximate surface area is 123 Å². The van der Waals surface area contributed by atoms with Crippen LogP contribution in [-0.4, -0.2) is 45.0 Å². The van der Waals surface area contributed by atoms with E-state index in [1.165, 1.54) is 30.6 Å². The predicted molar refractivity (Wildman–Crippen MR) is 79.0 cm³/mol. The number of sulfonamides is 1. The summed E-state index contributed by atoms with van der Waals surface area (Å²) in [6.45, 7) is 0.523. The van der Waals surface area contributed by atoms with E-state index in [1.807, 2.05) is 0 Å². The highest BCUT2D eigenvalue weighted by Crippen LogP contribution is 2.25. The molecule has 1 aromatic rings. The van der Waals surface area contributed by atoms with Gasteiger partial charge in [0.05, 0.1) is 11.6 Å². The Morgan fingerprint density at radius 3 is 2.68 bits per heavy atom. The van der Waals surface area contributed by atoms with Crippen molar-refractivity contribution < 1.29 is 13.2 Å². The van der Waals surface area contributed by atoms with Crippen LogP contribution >= 0.6 is 23.8 Å². The van der Waals surface area contributed by atoms with Gasteiger partial charge in [-0.2, -0.15) is 4.31 Å². The molecule has 0 radical (unpaired) electrons. The summed E-state index contributed by atoms with van der Waals surface area (Å²) < 4.78 is 30.7. The number of likely N-dealkylation sites (N-methyl/N-ethyl adjacent to an activating group) is 1. The van der Waals surface area contributed by atoms with Crippen LogP contribution in [-0.2, 0) is 14.8 Å². The number of rotatable bonds is 6. The Morgan fingerprint density at radius 2 is 2.16 bits per heavy atom. The lowest BCUT2D eigenvalue weighted by molar-refractivity contribution is 0.185. The number of benzene rings is 1. The van der Waals surface area contributed by atoms with Gasteiger partial charge < -0.3 is 10.5 Å². The molecule has 0 saturated carbocycles. The number of ether oxygens (including phenoxy) is 1. The van der Waals surface area contributed by atoms with Crippen LogP contribution in [0.3, 0.4) is 0 Å². The number of methoxy groups -OCH3 is 1. The van der Waals surface area contributed by atoms with Gasteiger partial charge in [0.2, 0.25) is 10.0 Å². The van der Waals surface area contributed by atoms with E-state index >= 15 is 0 Å². The highest BCUT2D eigenvalue weighted by molar-refractivity contribution is 7.89. The second-order valence-electron chi connectivity index (χ2n) is 3.83. The van der Waals surface area contributed by atoms with Gasteiger partial charge in [0, 0.05) is 26.3 Å². The van der Waals surface area contributed by atoms with Gasteiger partial charge in [-0.25, -0.2) is 8.42 Å². The minimum atomic E-state index is -3.69. The van der Waals surface area contributed by atoms with E-state index in [4.69, 9.17) is 34.3 Å². The first-order chi connectivity index (χ1) is 8.80. The highest BCUT2D eigenvalue weighted by atomic mass is 35.5. The predicted octanol–water partition coefficient (Wildman–Crippen LogP) is 1.24. The van der Waals surface area contributed by atoms with E-state index in [0.717, 1.165) is 0 Å². The van der Waals surface area contributed by atoms with Crippen LogP contribution in [0.1, 0.15) is 5.56 Å². The van der Waals surface area contributed by atoms with Gasteiger partial charge in [-0.1, -0.05) is 29.9 Å². The SMILES string of the molecule is COCCN(C)S(=O)(=O)c1cc(C(N)=S)ccc1Cl. The molecule has 0 saturated heterocycles. The molecule has 0 bridgehead atoms. The summed E-state index contributed by atoms with van der Waals surface area (Å²) in [5.74, 6) is 0. The number of nitrogens with two attached hydrogens (primary N) is 1. The fourth-order valence-corrected chi connectivity index (χ4v) is 3.14. The van der Waals surface area contributed by atoms with Gasteiger partial charge in [-0.15, -0.1) is 0 Å². The lowest BCUT2D eigenvalue weighted by Gasteiger charge is -2.18. The lowest BCUT2D eigenvalue weighted by atomic mass is 10.2. The smallest absolute Gasteiger partial charge is 0.244 e. The van der Waals surface area contributed by atoms with E-state index < -0.39 is 10.0 Å². The maximum absolute atomic E-state index is 12.3. The molecule has 1 rings (SSSR count). The van der Waals surface area contributed by atoms with Crippen molar-refractivity contribution in [3.63, 3.8) is 0 Å². The monoisotopic (exact) mass is 322 g/mol. The van der Waals surface area contributed by atoms with Crippen molar-refractivity contribution in [3.8, 4) is 0 Å². The number of nitrogens with zero attached hydrogens (tertiary/aromatic N) is 1. The Morgan fingerprint density at radius 1 is 1.53 bits per heavy atom. The summed E-state index contributed by atoms with van der Waals surface area (Å²) in [5, 5.41) is 0.129. The molecule has 0 aliphatic rings. The first kappa shape index (κ1) is 16.3. The molecule has 2 N–H and O–H groups in total. The zero-order valence-corrected chi connectivity index (χ0v) is 13.0. The van der Waals surface area contributed by atoms with Crippen molar-refractivity contribution in [2.75, 3.05) is 27.3 Å². The van der Waals surface area contributed by atoms with Gasteiger partial charge in [-0.05, 0) is 12.1 Å². The third-order valence-corrected chi connectivity index (χ3v) is 5.09. The minimum Gasteiger partial charge on any atom is -0.389 e. The normalized spacial score (nSPS) is 11.8. The van der Waals surface area contributed by atoms with E-state index in [1.54, 1.807) is 6.07 Å². The molecule has 5 nitrogen and oxygen atoms in total. The van der Waals surface area contributed by atoms with Crippen LogP contribution in [0, 0.1) is 0 Å². The van der Waals surface area contributed by atoms with Crippen LogP contribution in [0.15, 0.2) is 23.1 Å². The molecule has 0 aliphatic heterocycles. The van der Waals surface area contributed by atoms with E-state index in [9.17, 15) is 8.42 Å². The van der Waals surface area contributed by atoms with Crippen molar-refractivity contribution in [3.05, 3.63) is 28.8 Å². The molecule has 1 aromatic carbocycles. The van der Waals surface area contributed by atoms with Gasteiger partial charge in [0.15, 0.2) is 0 Å². The fourth-order valence-electron chi connectivity index (χ4n) is 1.36. The zero-order valence-electron chi connectivity index (χ0n) is 10.6. The highest BCUT2D eigenvalue weighted by Gasteiger charge is 2.24. The molecule has 0 atom stereocenters. The third-order valence-electron chi connectivity index (χ3n) is 2.51. The lowest BCUT2D eigenvalue weighted by Crippen LogP contribution is -2.30. The van der Waals surface area contributed by atoms with Crippen LogP contribution < -0.4 is 5.73 Å². The van der Waals surface area contributed by atoms with Crippen LogP contribution in [0.5, 0.6) is 0 Å². The summed E-state index contributed by atoms with van der Waals surface area (Å²) in [7, 11) is -0.734. The Hall–Kier alpha value is -0.730. The van der Waals surface area contributed by atoms with Crippen molar-refractivity contribution in [1.29, 1.82) is 0 Å². The van der Waals surface area contributed by atoms with Gasteiger partial charge in [0.1, 0.15) is 9.88 Å². The average molecular weight is 323 g/mol. The standard InChI is InChI=1S/C11H15ClN2O3S2/c1-14(5-6-17-2)19(15,16)10-7-8(11(13)18)3-4-9(10)12/h3-4,7H,5-6H2,1-2H3,(H2,13,18). The average Bonchev–Trinajstić information content (AvgIpc) is 2.35. The largest absolute Gasteiger partial charge is 0.389 e. The third kappa shape index (κ3) is 3.87. The fraction of sp³-hybridized carbons (Fsp3) is 0.364. The maximum Gasteiger partial charge on any atom is 0.244 e. The topological polar surface area (TPSA) is 72.6 Å². The molecular weight excluding hydrogens is 308 g/mol. The Balaban J connectivity index is 3.20. The van der Waals surface area contributed by atoms with Crippen LogP contribution in [0.2, 0.25) is 5.02 Å². The number of hydrogen-bond acceptors (Lipinski definition) is 4. The number of thiocarbonyl (C=S) groups is 1. The second-order valence-corrected chi connectivity index (χ2v) is 6.69. The molecular formula is C11H15ClN2O3S2. The van der Waals surface area contributed by atoms with Crippen molar-refractivity contribution in [2.45, 2.75) is 4.90 Å². The van der Waals surface area contributed by atoms with E-state index in [2.05, 4.69) is 0 Å². The molecule has 8 heteroatoms. The summed E-state index contributed by atoms with van der Waals surface area (Å²) in [5.41, 5.74) is 5.95. The molecule has 0 aliphatic carbocycles. The molecule has 0 unspecified atom stereocenters. The van der Waals surface area contributed by atoms with Crippen molar-refractivity contribution in [1.82, 2.24) is 4.31 Å². The van der Waals surface area contributed by atoms with Crippen molar-refractivity contribution in [2.24, 2.45) is 5.73 Å². The van der Waals surface area contributed by atoms with Gasteiger partial charge in [-0.3, -0.25) is 0 Å². The second kappa shape index (κ2) is 6.62. The Bertz CT molecular complexity index is 575. The summed E-state index contributed by atoms with van der Waals surface area (Å²) in [6.07, 6.45) is 0. The molecule has 19 heavy (non-hydrogen) atoms. The molecule has 0 heterocycles. The maximum atomic E-state index is 12.3. The van der Waals surface area contributed by atoms with E-state index in [-0.39, 0.29) is 21.5 Å². The molecule has 0 fully saturated rings. The molecule has 0 amide bonds. The zero-order chi connectivity index (χ0) is 14.6. The number of hydrogen-bond donors (Lipinski definition) is 1. The summed E-state index contributed by atoms with van der Waals surface area (Å²) in [6, 6.07) is 4.43. The first-order valence-corrected chi connectivity index (χ1v) is 7.58. The van der Waals surface area contributed by atoms with Gasteiger partial charge in [0.25, 0.3) is 0 Å². The molecule has 0 aromatic heterocycles. The molecule has 0 spiro atoms. The minimum absolute atomic E-state index is 0.0157. The number of halogens is 1. The van der Waals surface area contributed by atoms with E-state index in [0.29, 0.717) is 12.2 Å². The quantitative estimate of drug-likeness (QED) is 0.798. The van der Waals surface area contributed by atoms with Crippen LogP contribution in [0.4, 0.5) is 0 Å². The van der Waals surface area contributed by atoms with Crippen molar-refractivity contribution >= 4 is 38.8 Å². The summed E-state index contributed by atoms with van der Waals surface area (Å²) in [4.78, 5) is 0.103. The first-order valence-electron chi connectivity index (χ1n) is 5.35. The Kier molecular flexibility index (Phi) is 5.69. The van der Waals surface area contributed by atoms with Gasteiger partial charge >= 0.3 is 0 Å². The summed E-state index contributed by atoms with van der Waals surface area (Å²) >= 11 is 10.8. The van der Waals surface area contributed by atoms with Crippen LogP contribution in [0.25, 0.3) is 0 Å².